The van der Waals surface area contributed by atoms with E-state index in [0.717, 1.165) is 18.4 Å². The average molecular weight is 690 g/mol. The number of carbonyl (C=O) groups excluding carboxylic acids is 3. The standard InChI is InChI=1S/C36H40ClN3O7Si/c1-22-34(48(2,3)45)31(18-32(42)38-15-7-10-26(38)20-41)47-36(22)27-17-24(37)13-14-28(27)39(35(36)44)19-23-8-6-9-25(16-23)40-29-11-4-5-12-30(29)46-21-33(40)43/h4-6,8-9,11-14,16-17,22,26,31,34,41,45H,7,10,15,18-21H2,1-3H3/t22-,26+,31+,34-,36+/m1/s1. The second kappa shape index (κ2) is 12.3. The molecule has 252 valence electrons. The number of hydrogen-bond donors (Lipinski definition) is 2. The molecular formula is C36H40ClN3O7Si. The fourth-order valence-electron chi connectivity index (χ4n) is 8.41. The van der Waals surface area contributed by atoms with Crippen LogP contribution in [0.3, 0.4) is 0 Å². The summed E-state index contributed by atoms with van der Waals surface area (Å²) in [6.07, 6.45) is 0.861. The summed E-state index contributed by atoms with van der Waals surface area (Å²) in [5.41, 5.74) is 1.49. The topological polar surface area (TPSA) is 120 Å². The van der Waals surface area contributed by atoms with Gasteiger partial charge < -0.3 is 29.2 Å². The molecule has 3 aromatic rings. The molecule has 2 saturated heterocycles. The Morgan fingerprint density at radius 1 is 1.06 bits per heavy atom. The van der Waals surface area contributed by atoms with Gasteiger partial charge in [-0.1, -0.05) is 42.8 Å². The summed E-state index contributed by atoms with van der Waals surface area (Å²) >= 11 is 6.56. The van der Waals surface area contributed by atoms with Crippen molar-refractivity contribution in [2.45, 2.75) is 69.1 Å². The van der Waals surface area contributed by atoms with Crippen LogP contribution in [0.5, 0.6) is 5.75 Å². The van der Waals surface area contributed by atoms with E-state index in [1.165, 1.54) is 0 Å². The number of para-hydroxylation sites is 2. The average Bonchev–Trinajstić information content (AvgIpc) is 3.71. The van der Waals surface area contributed by atoms with E-state index in [1.54, 1.807) is 26.8 Å². The largest absolute Gasteiger partial charge is 0.482 e. The van der Waals surface area contributed by atoms with Gasteiger partial charge in [-0.25, -0.2) is 0 Å². The number of ether oxygens (including phenoxy) is 2. The second-order valence-corrected chi connectivity index (χ2v) is 18.2. The minimum atomic E-state index is -2.99. The minimum absolute atomic E-state index is 0.00449. The van der Waals surface area contributed by atoms with Crippen LogP contribution in [0.25, 0.3) is 0 Å². The molecule has 4 heterocycles. The Morgan fingerprint density at radius 3 is 2.62 bits per heavy atom. The van der Waals surface area contributed by atoms with Crippen molar-refractivity contribution >= 4 is 54.7 Å². The molecule has 4 aliphatic heterocycles. The number of aliphatic hydroxyl groups excluding tert-OH is 1. The molecule has 4 aliphatic rings. The van der Waals surface area contributed by atoms with Crippen LogP contribution in [0.2, 0.25) is 23.7 Å². The van der Waals surface area contributed by atoms with Gasteiger partial charge in [-0.05, 0) is 74.0 Å². The van der Waals surface area contributed by atoms with Crippen molar-refractivity contribution in [1.82, 2.24) is 4.90 Å². The van der Waals surface area contributed by atoms with E-state index in [9.17, 15) is 24.3 Å². The fourth-order valence-corrected chi connectivity index (χ4v) is 11.1. The van der Waals surface area contributed by atoms with E-state index in [0.29, 0.717) is 39.9 Å². The lowest BCUT2D eigenvalue weighted by Crippen LogP contribution is -2.46. The van der Waals surface area contributed by atoms with E-state index >= 15 is 0 Å². The molecule has 7 rings (SSSR count). The van der Waals surface area contributed by atoms with Crippen molar-refractivity contribution in [3.63, 3.8) is 0 Å². The maximum Gasteiger partial charge on any atom is 0.269 e. The first kappa shape index (κ1) is 32.8. The highest BCUT2D eigenvalue weighted by Crippen LogP contribution is 2.60. The molecule has 0 bridgehead atoms. The third-order valence-electron chi connectivity index (χ3n) is 10.4. The Bertz CT molecular complexity index is 1780. The highest BCUT2D eigenvalue weighted by Gasteiger charge is 2.66. The van der Waals surface area contributed by atoms with Gasteiger partial charge >= 0.3 is 0 Å². The van der Waals surface area contributed by atoms with E-state index in [1.807, 2.05) is 74.6 Å². The highest BCUT2D eigenvalue weighted by atomic mass is 35.5. The zero-order valence-electron chi connectivity index (χ0n) is 27.3. The Hall–Kier alpha value is -3.74. The van der Waals surface area contributed by atoms with Crippen LogP contribution in [0, 0.1) is 5.92 Å². The van der Waals surface area contributed by atoms with Crippen LogP contribution in [-0.4, -0.2) is 72.7 Å². The number of nitrogens with zero attached hydrogens (tertiary/aromatic N) is 3. The van der Waals surface area contributed by atoms with Crippen LogP contribution in [-0.2, 0) is 31.3 Å². The maximum absolute atomic E-state index is 14.9. The van der Waals surface area contributed by atoms with E-state index in [-0.39, 0.29) is 49.9 Å². The number of carbonyl (C=O) groups is 3. The van der Waals surface area contributed by atoms with Gasteiger partial charge in [0.1, 0.15) is 5.75 Å². The molecule has 5 atom stereocenters. The molecule has 0 aliphatic carbocycles. The maximum atomic E-state index is 14.9. The van der Waals surface area contributed by atoms with Gasteiger partial charge in [0.25, 0.3) is 11.8 Å². The lowest BCUT2D eigenvalue weighted by molar-refractivity contribution is -0.150. The van der Waals surface area contributed by atoms with Crippen molar-refractivity contribution in [3.05, 3.63) is 82.9 Å². The van der Waals surface area contributed by atoms with E-state index < -0.39 is 31.5 Å². The Balaban J connectivity index is 1.23. The Kier molecular flexibility index (Phi) is 8.40. The predicted molar refractivity (Wildman–Crippen MR) is 184 cm³/mol. The van der Waals surface area contributed by atoms with Crippen molar-refractivity contribution in [1.29, 1.82) is 0 Å². The number of benzene rings is 3. The van der Waals surface area contributed by atoms with Gasteiger partial charge in [-0.3, -0.25) is 19.3 Å². The monoisotopic (exact) mass is 689 g/mol. The molecule has 10 nitrogen and oxygen atoms in total. The fraction of sp³-hybridized carbons (Fsp3) is 0.417. The van der Waals surface area contributed by atoms with Crippen molar-refractivity contribution in [2.24, 2.45) is 5.92 Å². The molecule has 12 heteroatoms. The summed E-state index contributed by atoms with van der Waals surface area (Å²) in [6, 6.07) is 20.0. The van der Waals surface area contributed by atoms with Crippen LogP contribution in [0.4, 0.5) is 17.1 Å². The number of rotatable bonds is 7. The number of fused-ring (bicyclic) bond motifs is 3. The number of halogens is 1. The molecule has 2 fully saturated rings. The van der Waals surface area contributed by atoms with Crippen LogP contribution < -0.4 is 14.5 Å². The Labute approximate surface area is 285 Å². The second-order valence-electron chi connectivity index (χ2n) is 13.8. The molecule has 48 heavy (non-hydrogen) atoms. The predicted octanol–water partition coefficient (Wildman–Crippen LogP) is 5.12. The van der Waals surface area contributed by atoms with Crippen LogP contribution >= 0.6 is 11.6 Å². The highest BCUT2D eigenvalue weighted by molar-refractivity contribution is 6.71. The van der Waals surface area contributed by atoms with Gasteiger partial charge in [0, 0.05) is 34.3 Å². The smallest absolute Gasteiger partial charge is 0.269 e. The summed E-state index contributed by atoms with van der Waals surface area (Å²) in [5, 5.41) is 10.3. The van der Waals surface area contributed by atoms with Crippen LogP contribution in [0.15, 0.2) is 66.7 Å². The summed E-state index contributed by atoms with van der Waals surface area (Å²) in [5.74, 6) is -0.465. The quantitative estimate of drug-likeness (QED) is 0.331. The van der Waals surface area contributed by atoms with Gasteiger partial charge in [0.2, 0.25) is 5.91 Å². The number of amides is 3. The molecule has 3 amide bonds. The molecular weight excluding hydrogens is 650 g/mol. The Morgan fingerprint density at radius 2 is 1.85 bits per heavy atom. The van der Waals surface area contributed by atoms with Gasteiger partial charge in [-0.15, -0.1) is 0 Å². The summed E-state index contributed by atoms with van der Waals surface area (Å²) in [4.78, 5) is 58.2. The lowest BCUT2D eigenvalue weighted by Gasteiger charge is -2.33. The molecule has 0 radical (unpaired) electrons. The molecule has 0 aromatic heterocycles. The zero-order valence-corrected chi connectivity index (χ0v) is 29.0. The number of anilines is 3. The van der Waals surface area contributed by atoms with Gasteiger partial charge in [0.15, 0.2) is 20.5 Å². The summed E-state index contributed by atoms with van der Waals surface area (Å²) < 4.78 is 12.5. The van der Waals surface area contributed by atoms with Crippen molar-refractivity contribution in [3.8, 4) is 5.75 Å². The number of likely N-dealkylation sites (tertiary alicyclic amines) is 1. The van der Waals surface area contributed by atoms with Gasteiger partial charge in [0.05, 0.1) is 43.1 Å². The number of hydrogen-bond acceptors (Lipinski definition) is 7. The molecule has 0 saturated carbocycles. The third kappa shape index (κ3) is 5.32. The summed E-state index contributed by atoms with van der Waals surface area (Å²) in [7, 11) is -2.99. The van der Waals surface area contributed by atoms with Gasteiger partial charge in [-0.2, -0.15) is 0 Å². The SMILES string of the molecule is C[C@@H]1[C@@H]([Si](C)(C)O)[C@H](CC(=O)N2CCC[C@H]2CO)O[C@@]12C(=O)N(Cc1cccc(N3C(=O)COc4ccccc43)c1)c1ccc(Cl)cc12. The normalized spacial score (nSPS) is 26.7. The third-order valence-corrected chi connectivity index (χ3v) is 13.2. The first-order valence-corrected chi connectivity index (χ1v) is 19.9. The van der Waals surface area contributed by atoms with E-state index in [2.05, 4.69) is 0 Å². The number of aliphatic hydroxyl groups is 1. The lowest BCUT2D eigenvalue weighted by atomic mass is 9.82. The first-order valence-electron chi connectivity index (χ1n) is 16.5. The molecule has 3 aromatic carbocycles. The van der Waals surface area contributed by atoms with Crippen molar-refractivity contribution < 1.29 is 33.8 Å². The molecule has 2 N–H and O–H groups in total. The molecule has 1 spiro atoms. The molecule has 0 unspecified atom stereocenters. The minimum Gasteiger partial charge on any atom is -0.482 e. The zero-order chi connectivity index (χ0) is 34.0. The summed E-state index contributed by atoms with van der Waals surface area (Å²) in [6.45, 7) is 6.16. The van der Waals surface area contributed by atoms with E-state index in [4.69, 9.17) is 21.1 Å². The van der Waals surface area contributed by atoms with Crippen molar-refractivity contribution in [2.75, 3.05) is 29.6 Å². The van der Waals surface area contributed by atoms with Crippen LogP contribution in [0.1, 0.15) is 37.3 Å². The first-order chi connectivity index (χ1) is 22.9.